The summed E-state index contributed by atoms with van der Waals surface area (Å²) in [7, 11) is -3.19. The van der Waals surface area contributed by atoms with Crippen LogP contribution in [0.4, 0.5) is 5.13 Å². The molecule has 0 radical (unpaired) electrons. The van der Waals surface area contributed by atoms with Crippen LogP contribution in [0, 0.1) is 12.8 Å². The summed E-state index contributed by atoms with van der Waals surface area (Å²) in [5.74, 6) is -0.473. The van der Waals surface area contributed by atoms with Crippen LogP contribution in [-0.4, -0.2) is 43.0 Å². The summed E-state index contributed by atoms with van der Waals surface area (Å²) in [6, 6.07) is 5.92. The molecule has 1 amide bonds. The van der Waals surface area contributed by atoms with Crippen molar-refractivity contribution in [2.45, 2.75) is 6.92 Å². The highest BCUT2D eigenvalue weighted by Crippen LogP contribution is 2.28. The highest BCUT2D eigenvalue weighted by atomic mass is 32.2. The number of sulfonamides is 1. The predicted molar refractivity (Wildman–Crippen MR) is 82.9 cm³/mol. The van der Waals surface area contributed by atoms with Gasteiger partial charge in [-0.2, -0.15) is 0 Å². The highest BCUT2D eigenvalue weighted by Gasteiger charge is 2.37. The van der Waals surface area contributed by atoms with E-state index in [2.05, 4.69) is 10.3 Å². The smallest absolute Gasteiger partial charge is 0.231 e. The molecule has 3 rings (SSSR count). The molecule has 0 saturated carbocycles. The quantitative estimate of drug-likeness (QED) is 0.926. The second-order valence-corrected chi connectivity index (χ2v) is 8.27. The molecule has 0 aliphatic carbocycles. The van der Waals surface area contributed by atoms with E-state index in [0.29, 0.717) is 5.13 Å². The first kappa shape index (κ1) is 14.4. The number of nitrogens with zero attached hydrogens (tertiary/aromatic N) is 2. The van der Waals surface area contributed by atoms with Crippen LogP contribution in [0.2, 0.25) is 0 Å². The Labute approximate surface area is 126 Å². The molecule has 0 atom stereocenters. The number of benzene rings is 1. The van der Waals surface area contributed by atoms with Crippen molar-refractivity contribution in [3.8, 4) is 0 Å². The van der Waals surface area contributed by atoms with Gasteiger partial charge >= 0.3 is 0 Å². The zero-order valence-electron chi connectivity index (χ0n) is 11.7. The van der Waals surface area contributed by atoms with Gasteiger partial charge in [0.1, 0.15) is 0 Å². The maximum absolute atomic E-state index is 12.0. The first-order valence-electron chi connectivity index (χ1n) is 6.46. The molecule has 112 valence electrons. The van der Waals surface area contributed by atoms with E-state index in [1.165, 1.54) is 15.6 Å². The van der Waals surface area contributed by atoms with Gasteiger partial charge in [0.05, 0.1) is 22.4 Å². The summed E-state index contributed by atoms with van der Waals surface area (Å²) < 4.78 is 24.9. The van der Waals surface area contributed by atoms with E-state index < -0.39 is 10.0 Å². The number of fused-ring (bicyclic) bond motifs is 1. The van der Waals surface area contributed by atoms with Gasteiger partial charge in [-0.25, -0.2) is 17.7 Å². The molecule has 0 unspecified atom stereocenters. The van der Waals surface area contributed by atoms with E-state index in [4.69, 9.17) is 0 Å². The molecule has 0 spiro atoms. The molecule has 6 nitrogen and oxygen atoms in total. The van der Waals surface area contributed by atoms with Crippen molar-refractivity contribution >= 4 is 42.6 Å². The fraction of sp³-hybridized carbons (Fsp3) is 0.385. The van der Waals surface area contributed by atoms with Gasteiger partial charge in [0.15, 0.2) is 5.13 Å². The van der Waals surface area contributed by atoms with Crippen molar-refractivity contribution in [2.24, 2.45) is 5.92 Å². The summed E-state index contributed by atoms with van der Waals surface area (Å²) in [5, 5.41) is 3.33. The van der Waals surface area contributed by atoms with Gasteiger partial charge in [-0.3, -0.25) is 4.79 Å². The molecule has 0 bridgehead atoms. The van der Waals surface area contributed by atoms with E-state index in [1.807, 2.05) is 25.1 Å². The molecule has 1 aliphatic heterocycles. The Morgan fingerprint density at radius 1 is 1.43 bits per heavy atom. The number of anilines is 1. The van der Waals surface area contributed by atoms with E-state index >= 15 is 0 Å². The Balaban J connectivity index is 1.67. The van der Waals surface area contributed by atoms with Crippen LogP contribution in [0.3, 0.4) is 0 Å². The number of aryl methyl sites for hydroxylation is 1. The standard InChI is InChI=1S/C13H15N3O3S2/c1-8-3-4-10-11(5-8)20-13(14-10)15-12(17)9-6-16(7-9)21(2,18)19/h3-5,9H,6-7H2,1-2H3,(H,14,15,17). The third kappa shape index (κ3) is 2.92. The zero-order valence-corrected chi connectivity index (χ0v) is 13.3. The maximum atomic E-state index is 12.0. The van der Waals surface area contributed by atoms with Crippen molar-refractivity contribution in [1.29, 1.82) is 0 Å². The number of hydrogen-bond donors (Lipinski definition) is 1. The van der Waals surface area contributed by atoms with Crippen molar-refractivity contribution in [2.75, 3.05) is 24.7 Å². The average molecular weight is 325 g/mol. The Morgan fingerprint density at radius 3 is 2.81 bits per heavy atom. The van der Waals surface area contributed by atoms with Gasteiger partial charge in [0, 0.05) is 13.1 Å². The fourth-order valence-corrected chi connectivity index (χ4v) is 4.04. The number of aromatic nitrogens is 1. The molecule has 1 saturated heterocycles. The lowest BCUT2D eigenvalue weighted by Gasteiger charge is -2.35. The van der Waals surface area contributed by atoms with E-state index in [9.17, 15) is 13.2 Å². The number of hydrogen-bond acceptors (Lipinski definition) is 5. The normalized spacial score (nSPS) is 16.9. The molecule has 2 aromatic rings. The lowest BCUT2D eigenvalue weighted by Crippen LogP contribution is -2.53. The molecular weight excluding hydrogens is 310 g/mol. The average Bonchev–Trinajstić information content (AvgIpc) is 2.65. The number of amides is 1. The molecule has 1 aromatic heterocycles. The number of carbonyl (C=O) groups is 1. The van der Waals surface area contributed by atoms with Gasteiger partial charge in [-0.1, -0.05) is 17.4 Å². The lowest BCUT2D eigenvalue weighted by molar-refractivity contribution is -0.122. The number of thiazole rings is 1. The van der Waals surface area contributed by atoms with Crippen molar-refractivity contribution in [3.63, 3.8) is 0 Å². The summed E-state index contributed by atoms with van der Waals surface area (Å²) >= 11 is 1.42. The lowest BCUT2D eigenvalue weighted by atomic mass is 10.0. The van der Waals surface area contributed by atoms with Crippen LogP contribution in [0.25, 0.3) is 10.2 Å². The molecule has 8 heteroatoms. The SMILES string of the molecule is Cc1ccc2nc(NC(=O)C3CN(S(C)(=O)=O)C3)sc2c1. The molecule has 1 aromatic carbocycles. The van der Waals surface area contributed by atoms with Gasteiger partial charge in [-0.15, -0.1) is 0 Å². The van der Waals surface area contributed by atoms with Crippen LogP contribution in [0.5, 0.6) is 0 Å². The predicted octanol–water partition coefficient (Wildman–Crippen LogP) is 1.43. The zero-order chi connectivity index (χ0) is 15.2. The van der Waals surface area contributed by atoms with Gasteiger partial charge in [0.2, 0.25) is 15.9 Å². The molecule has 1 N–H and O–H groups in total. The third-order valence-corrected chi connectivity index (χ3v) is 5.63. The van der Waals surface area contributed by atoms with Crippen LogP contribution in [-0.2, 0) is 14.8 Å². The van der Waals surface area contributed by atoms with Gasteiger partial charge in [0.25, 0.3) is 0 Å². The largest absolute Gasteiger partial charge is 0.302 e. The van der Waals surface area contributed by atoms with Gasteiger partial charge < -0.3 is 5.32 Å². The second kappa shape index (κ2) is 5.04. The van der Waals surface area contributed by atoms with Crippen molar-refractivity contribution in [3.05, 3.63) is 23.8 Å². The molecular formula is C13H15N3O3S2. The summed E-state index contributed by atoms with van der Waals surface area (Å²) in [6.07, 6.45) is 1.15. The van der Waals surface area contributed by atoms with Crippen LogP contribution < -0.4 is 5.32 Å². The summed E-state index contributed by atoms with van der Waals surface area (Å²) in [6.45, 7) is 2.49. The Kier molecular flexibility index (Phi) is 3.46. The molecule has 21 heavy (non-hydrogen) atoms. The van der Waals surface area contributed by atoms with E-state index in [0.717, 1.165) is 22.0 Å². The number of carbonyl (C=O) groups excluding carboxylic acids is 1. The third-order valence-electron chi connectivity index (χ3n) is 3.46. The van der Waals surface area contributed by atoms with Crippen LogP contribution in [0.1, 0.15) is 5.56 Å². The minimum absolute atomic E-state index is 0.175. The van der Waals surface area contributed by atoms with E-state index in [-0.39, 0.29) is 24.9 Å². The Bertz CT molecular complexity index is 807. The first-order chi connectivity index (χ1) is 9.83. The van der Waals surface area contributed by atoms with Crippen molar-refractivity contribution < 1.29 is 13.2 Å². The Hall–Kier alpha value is -1.51. The molecule has 1 aliphatic rings. The van der Waals surface area contributed by atoms with Crippen molar-refractivity contribution in [1.82, 2.24) is 9.29 Å². The first-order valence-corrected chi connectivity index (χ1v) is 9.12. The maximum Gasteiger partial charge on any atom is 0.231 e. The van der Waals surface area contributed by atoms with E-state index in [1.54, 1.807) is 0 Å². The minimum atomic E-state index is -3.19. The van der Waals surface area contributed by atoms with Crippen LogP contribution >= 0.6 is 11.3 Å². The minimum Gasteiger partial charge on any atom is -0.302 e. The molecule has 1 fully saturated rings. The summed E-state index contributed by atoms with van der Waals surface area (Å²) in [5.41, 5.74) is 2.00. The monoisotopic (exact) mass is 325 g/mol. The number of nitrogens with one attached hydrogen (secondary N) is 1. The Morgan fingerprint density at radius 2 is 2.14 bits per heavy atom. The topological polar surface area (TPSA) is 79.4 Å². The summed E-state index contributed by atoms with van der Waals surface area (Å²) in [4.78, 5) is 16.4. The number of rotatable bonds is 3. The molecule has 2 heterocycles. The van der Waals surface area contributed by atoms with Gasteiger partial charge in [-0.05, 0) is 24.6 Å². The van der Waals surface area contributed by atoms with Crippen LogP contribution in [0.15, 0.2) is 18.2 Å². The highest BCUT2D eigenvalue weighted by molar-refractivity contribution is 7.88. The fourth-order valence-electron chi connectivity index (χ4n) is 2.17. The second-order valence-electron chi connectivity index (χ2n) is 5.26.